The molecule has 0 bridgehead atoms. The maximum atomic E-state index is 10.1. The van der Waals surface area contributed by atoms with Crippen molar-refractivity contribution in [2.24, 2.45) is 11.8 Å². The van der Waals surface area contributed by atoms with Crippen molar-refractivity contribution in [2.75, 3.05) is 6.61 Å². The SMILES string of the molecule is CC(C)C(C)CCC[O]. The van der Waals surface area contributed by atoms with Gasteiger partial charge < -0.3 is 0 Å². The summed E-state index contributed by atoms with van der Waals surface area (Å²) in [7, 11) is 0. The first kappa shape index (κ1) is 8.96. The lowest BCUT2D eigenvalue weighted by Gasteiger charge is -2.13. The van der Waals surface area contributed by atoms with Crippen LogP contribution >= 0.6 is 0 Å². The van der Waals surface area contributed by atoms with Gasteiger partial charge >= 0.3 is 0 Å². The van der Waals surface area contributed by atoms with Crippen molar-refractivity contribution >= 4 is 0 Å². The lowest BCUT2D eigenvalue weighted by molar-refractivity contribution is 0.177. The molecule has 9 heavy (non-hydrogen) atoms. The van der Waals surface area contributed by atoms with Gasteiger partial charge in [0.2, 0.25) is 0 Å². The summed E-state index contributed by atoms with van der Waals surface area (Å²) in [5.74, 6) is 1.45. The Morgan fingerprint density at radius 2 is 1.78 bits per heavy atom. The maximum Gasteiger partial charge on any atom is 0.0822 e. The van der Waals surface area contributed by atoms with Gasteiger partial charge in [-0.15, -0.1) is 0 Å². The summed E-state index contributed by atoms with van der Waals surface area (Å²) >= 11 is 0. The quantitative estimate of drug-likeness (QED) is 0.555. The Balaban J connectivity index is 3.16. The topological polar surface area (TPSA) is 19.9 Å². The third kappa shape index (κ3) is 4.46. The average molecular weight is 129 g/mol. The fourth-order valence-corrected chi connectivity index (χ4v) is 0.739. The Kier molecular flexibility index (Phi) is 4.78. The van der Waals surface area contributed by atoms with Crippen LogP contribution in [0.1, 0.15) is 33.6 Å². The Bertz CT molecular complexity index is 59.6. The predicted octanol–water partition coefficient (Wildman–Crippen LogP) is 2.49. The maximum absolute atomic E-state index is 10.1. The van der Waals surface area contributed by atoms with Crippen LogP contribution in [0.25, 0.3) is 0 Å². The van der Waals surface area contributed by atoms with E-state index in [0.29, 0.717) is 0 Å². The van der Waals surface area contributed by atoms with Crippen LogP contribution in [-0.4, -0.2) is 6.61 Å². The van der Waals surface area contributed by atoms with E-state index >= 15 is 0 Å². The largest absolute Gasteiger partial charge is 0.237 e. The molecule has 0 N–H and O–H groups in total. The van der Waals surface area contributed by atoms with E-state index in [1.165, 1.54) is 0 Å². The normalized spacial score (nSPS) is 14.3. The standard InChI is InChI=1S/C8H17O/c1-7(2)8(3)5-4-6-9/h7-8H,4-6H2,1-3H3. The molecule has 1 atom stereocenters. The molecule has 0 aromatic heterocycles. The Morgan fingerprint density at radius 1 is 1.22 bits per heavy atom. The van der Waals surface area contributed by atoms with E-state index in [9.17, 15) is 5.11 Å². The smallest absolute Gasteiger partial charge is 0.0822 e. The molecule has 0 amide bonds. The molecule has 1 heteroatoms. The molecule has 0 rings (SSSR count). The first-order chi connectivity index (χ1) is 4.18. The molecule has 0 saturated carbocycles. The van der Waals surface area contributed by atoms with Crippen LogP contribution in [-0.2, 0) is 5.11 Å². The second-order valence-electron chi connectivity index (χ2n) is 3.07. The molecule has 1 nitrogen and oxygen atoms in total. The molecule has 0 aliphatic carbocycles. The van der Waals surface area contributed by atoms with Crippen molar-refractivity contribution in [3.8, 4) is 0 Å². The van der Waals surface area contributed by atoms with Crippen LogP contribution in [0, 0.1) is 11.8 Å². The lowest BCUT2D eigenvalue weighted by atomic mass is 9.94. The molecule has 0 saturated heterocycles. The molecule has 0 fully saturated rings. The van der Waals surface area contributed by atoms with Gasteiger partial charge in [0.15, 0.2) is 0 Å². The second kappa shape index (κ2) is 4.80. The molecule has 0 aliphatic rings. The van der Waals surface area contributed by atoms with Gasteiger partial charge in [-0.1, -0.05) is 20.8 Å². The first-order valence-electron chi connectivity index (χ1n) is 3.76. The minimum Gasteiger partial charge on any atom is -0.237 e. The summed E-state index contributed by atoms with van der Waals surface area (Å²) in [6.07, 6.45) is 1.94. The van der Waals surface area contributed by atoms with E-state index < -0.39 is 0 Å². The Labute approximate surface area is 58.1 Å². The lowest BCUT2D eigenvalue weighted by Crippen LogP contribution is -2.03. The van der Waals surface area contributed by atoms with Gasteiger partial charge in [0.05, 0.1) is 6.61 Å². The highest BCUT2D eigenvalue weighted by atomic mass is 16.2. The fraction of sp³-hybridized carbons (Fsp3) is 1.00. The van der Waals surface area contributed by atoms with Gasteiger partial charge in [-0.3, -0.25) is 0 Å². The zero-order valence-corrected chi connectivity index (χ0v) is 6.68. The van der Waals surface area contributed by atoms with Crippen LogP contribution in [0.15, 0.2) is 0 Å². The van der Waals surface area contributed by atoms with E-state index in [2.05, 4.69) is 20.8 Å². The summed E-state index contributed by atoms with van der Waals surface area (Å²) in [6, 6.07) is 0. The highest BCUT2D eigenvalue weighted by Gasteiger charge is 2.04. The van der Waals surface area contributed by atoms with E-state index in [0.717, 1.165) is 24.7 Å². The molecule has 0 aliphatic heterocycles. The van der Waals surface area contributed by atoms with Crippen molar-refractivity contribution in [2.45, 2.75) is 33.6 Å². The second-order valence-corrected chi connectivity index (χ2v) is 3.07. The van der Waals surface area contributed by atoms with Crippen LogP contribution in [0.2, 0.25) is 0 Å². The molecule has 0 spiro atoms. The third-order valence-corrected chi connectivity index (χ3v) is 1.94. The van der Waals surface area contributed by atoms with E-state index in [-0.39, 0.29) is 6.61 Å². The van der Waals surface area contributed by atoms with Gasteiger partial charge in [-0.2, -0.15) is 0 Å². The van der Waals surface area contributed by atoms with Crippen LogP contribution in [0.4, 0.5) is 0 Å². The van der Waals surface area contributed by atoms with Crippen molar-refractivity contribution < 1.29 is 5.11 Å². The predicted molar refractivity (Wildman–Crippen MR) is 38.8 cm³/mol. The molecular weight excluding hydrogens is 112 g/mol. The molecule has 55 valence electrons. The molecule has 0 aromatic rings. The van der Waals surface area contributed by atoms with Crippen LogP contribution in [0.3, 0.4) is 0 Å². The van der Waals surface area contributed by atoms with Gasteiger partial charge in [0, 0.05) is 0 Å². The van der Waals surface area contributed by atoms with Gasteiger partial charge in [0.1, 0.15) is 0 Å². The molecule has 0 heterocycles. The van der Waals surface area contributed by atoms with E-state index in [1.807, 2.05) is 0 Å². The monoisotopic (exact) mass is 129 g/mol. The molecule has 1 unspecified atom stereocenters. The minimum absolute atomic E-state index is 0.0943. The number of rotatable bonds is 4. The zero-order valence-electron chi connectivity index (χ0n) is 6.68. The Morgan fingerprint density at radius 3 is 2.11 bits per heavy atom. The zero-order chi connectivity index (χ0) is 7.28. The first-order valence-corrected chi connectivity index (χ1v) is 3.76. The van der Waals surface area contributed by atoms with E-state index in [4.69, 9.17) is 0 Å². The average Bonchev–Trinajstić information content (AvgIpc) is 1.82. The van der Waals surface area contributed by atoms with Crippen LogP contribution in [0.5, 0.6) is 0 Å². The fourth-order valence-electron chi connectivity index (χ4n) is 0.739. The highest BCUT2D eigenvalue weighted by molar-refractivity contribution is 4.55. The number of hydrogen-bond acceptors (Lipinski definition) is 0. The van der Waals surface area contributed by atoms with Crippen molar-refractivity contribution in [1.82, 2.24) is 0 Å². The van der Waals surface area contributed by atoms with Crippen LogP contribution < -0.4 is 0 Å². The summed E-state index contributed by atoms with van der Waals surface area (Å²) in [6.45, 7) is 6.71. The van der Waals surface area contributed by atoms with Gasteiger partial charge in [-0.25, -0.2) is 5.11 Å². The third-order valence-electron chi connectivity index (χ3n) is 1.94. The summed E-state index contributed by atoms with van der Waals surface area (Å²) in [5.41, 5.74) is 0. The minimum atomic E-state index is 0.0943. The molecule has 0 aromatic carbocycles. The van der Waals surface area contributed by atoms with Crippen molar-refractivity contribution in [3.63, 3.8) is 0 Å². The molecule has 1 radical (unpaired) electrons. The van der Waals surface area contributed by atoms with E-state index in [1.54, 1.807) is 0 Å². The van der Waals surface area contributed by atoms with Gasteiger partial charge in [-0.05, 0) is 24.7 Å². The summed E-state index contributed by atoms with van der Waals surface area (Å²) < 4.78 is 0. The summed E-state index contributed by atoms with van der Waals surface area (Å²) in [4.78, 5) is 0. The number of hydrogen-bond donors (Lipinski definition) is 0. The molecular formula is C8H17O. The highest BCUT2D eigenvalue weighted by Crippen LogP contribution is 2.14. The van der Waals surface area contributed by atoms with Crippen molar-refractivity contribution in [1.29, 1.82) is 0 Å². The van der Waals surface area contributed by atoms with Gasteiger partial charge in [0.25, 0.3) is 0 Å². The Hall–Kier alpha value is -0.0400. The summed E-state index contributed by atoms with van der Waals surface area (Å²) in [5, 5.41) is 10.1. The van der Waals surface area contributed by atoms with Crippen molar-refractivity contribution in [3.05, 3.63) is 0 Å².